The molecular formula is C47H36N2O7. The van der Waals surface area contributed by atoms with E-state index in [2.05, 4.69) is 0 Å². The molecule has 2 heterocycles. The Hall–Kier alpha value is -6.74. The van der Waals surface area contributed by atoms with Crippen LogP contribution in [0.1, 0.15) is 61.7 Å². The van der Waals surface area contributed by atoms with E-state index in [0.29, 0.717) is 44.8 Å². The SMILES string of the molecule is Cc1cccc(C2C3=CCC4C(=O)N(c5ccc(C(=O)c6ccccc6)cc5)C(=O)C4C3CC3C(=O)N(c4ccc(C(=O)c5ccccc5)cc4)C(=O)C32)c1O. The van der Waals surface area contributed by atoms with Crippen LogP contribution < -0.4 is 9.80 Å². The first-order valence-electron chi connectivity index (χ1n) is 18.8. The fraction of sp³-hybridized carbons (Fsp3) is 0.191. The van der Waals surface area contributed by atoms with Crippen LogP contribution in [0.5, 0.6) is 5.75 Å². The molecule has 0 radical (unpaired) electrons. The second-order valence-corrected chi connectivity index (χ2v) is 15.0. The van der Waals surface area contributed by atoms with Crippen molar-refractivity contribution in [2.75, 3.05) is 9.80 Å². The van der Waals surface area contributed by atoms with Gasteiger partial charge in [0.1, 0.15) is 5.75 Å². The zero-order valence-electron chi connectivity index (χ0n) is 30.4. The van der Waals surface area contributed by atoms with E-state index < -0.39 is 53.2 Å². The molecule has 6 atom stereocenters. The lowest BCUT2D eigenvalue weighted by Crippen LogP contribution is -2.43. The summed E-state index contributed by atoms with van der Waals surface area (Å²) >= 11 is 0. The standard InChI is InChI=1S/C47H36N2O7/c1-26-9-8-14-34(41(26)50)38-33-23-24-35-39(46(55)48(44(35)53)31-19-15-29(16-20-31)42(51)27-10-4-2-5-11-27)36(33)25-37-40(38)47(56)49(45(37)54)32-21-17-30(18-22-32)43(52)28-12-6-3-7-13-28/h2-23,35-40,50H,24-25H2,1H3. The van der Waals surface area contributed by atoms with Gasteiger partial charge >= 0.3 is 0 Å². The Bertz CT molecular complexity index is 2490. The number of fused-ring (bicyclic) bond motifs is 4. The molecule has 5 aromatic carbocycles. The fourth-order valence-corrected chi connectivity index (χ4v) is 9.41. The minimum atomic E-state index is -0.863. The van der Waals surface area contributed by atoms with E-state index in [1.807, 2.05) is 18.2 Å². The Morgan fingerprint density at radius 3 is 1.55 bits per heavy atom. The van der Waals surface area contributed by atoms with E-state index in [4.69, 9.17) is 0 Å². The number of aromatic hydroxyl groups is 1. The number of carbonyl (C=O) groups is 6. The number of allylic oxidation sites excluding steroid dienone is 2. The maximum Gasteiger partial charge on any atom is 0.238 e. The molecule has 5 aromatic rings. The van der Waals surface area contributed by atoms with E-state index in [1.165, 1.54) is 9.80 Å². The number of nitrogens with zero attached hydrogens (tertiary/aromatic N) is 2. The van der Waals surface area contributed by atoms with Gasteiger partial charge in [0.2, 0.25) is 23.6 Å². The molecule has 3 fully saturated rings. The van der Waals surface area contributed by atoms with Crippen molar-refractivity contribution >= 4 is 46.6 Å². The molecule has 56 heavy (non-hydrogen) atoms. The van der Waals surface area contributed by atoms with Gasteiger partial charge in [-0.3, -0.25) is 38.6 Å². The summed E-state index contributed by atoms with van der Waals surface area (Å²) in [5.41, 5.74) is 4.43. The predicted molar refractivity (Wildman–Crippen MR) is 208 cm³/mol. The number of phenols is 1. The van der Waals surface area contributed by atoms with E-state index in [0.717, 1.165) is 5.57 Å². The number of para-hydroxylation sites is 1. The minimum absolute atomic E-state index is 0.0167. The van der Waals surface area contributed by atoms with Crippen molar-refractivity contribution in [2.45, 2.75) is 25.7 Å². The third-order valence-corrected chi connectivity index (χ3v) is 12.1. The van der Waals surface area contributed by atoms with Crippen molar-refractivity contribution in [3.05, 3.63) is 172 Å². The second-order valence-electron chi connectivity index (χ2n) is 15.0. The number of imide groups is 2. The molecule has 0 bridgehead atoms. The topological polar surface area (TPSA) is 129 Å². The number of rotatable bonds is 7. The number of carbonyl (C=O) groups excluding carboxylic acids is 6. The molecule has 9 heteroatoms. The van der Waals surface area contributed by atoms with Gasteiger partial charge < -0.3 is 5.11 Å². The molecule has 9 nitrogen and oxygen atoms in total. The van der Waals surface area contributed by atoms with E-state index in [9.17, 15) is 33.9 Å². The van der Waals surface area contributed by atoms with Crippen LogP contribution in [0, 0.1) is 36.5 Å². The maximum absolute atomic E-state index is 14.6. The Labute approximate surface area is 322 Å². The average molecular weight is 741 g/mol. The Morgan fingerprint density at radius 1 is 0.536 bits per heavy atom. The van der Waals surface area contributed by atoms with Crippen molar-refractivity contribution in [1.29, 1.82) is 0 Å². The Kier molecular flexibility index (Phi) is 8.45. The van der Waals surface area contributed by atoms with Crippen molar-refractivity contribution in [1.82, 2.24) is 0 Å². The lowest BCUT2D eigenvalue weighted by atomic mass is 9.57. The van der Waals surface area contributed by atoms with Gasteiger partial charge in [0.15, 0.2) is 11.6 Å². The average Bonchev–Trinajstić information content (AvgIpc) is 3.64. The zero-order valence-corrected chi connectivity index (χ0v) is 30.4. The summed E-state index contributed by atoms with van der Waals surface area (Å²) < 4.78 is 0. The molecule has 1 N–H and O–H groups in total. The summed E-state index contributed by atoms with van der Waals surface area (Å²) in [6, 6.07) is 35.9. The third-order valence-electron chi connectivity index (χ3n) is 12.1. The summed E-state index contributed by atoms with van der Waals surface area (Å²) in [6.07, 6.45) is 2.37. The fourth-order valence-electron chi connectivity index (χ4n) is 9.41. The Morgan fingerprint density at radius 2 is 1.02 bits per heavy atom. The molecule has 1 saturated carbocycles. The van der Waals surface area contributed by atoms with Gasteiger partial charge in [-0.25, -0.2) is 0 Å². The smallest absolute Gasteiger partial charge is 0.238 e. The molecule has 0 aromatic heterocycles. The quantitative estimate of drug-likeness (QED) is 0.106. The lowest BCUT2D eigenvalue weighted by Gasteiger charge is -2.44. The molecule has 2 saturated heterocycles. The summed E-state index contributed by atoms with van der Waals surface area (Å²) in [4.78, 5) is 86.2. The number of ketones is 2. The number of phenolic OH excluding ortho intramolecular Hbond substituents is 1. The van der Waals surface area contributed by atoms with Gasteiger partial charge in [-0.2, -0.15) is 0 Å². The van der Waals surface area contributed by atoms with Crippen LogP contribution in [0.3, 0.4) is 0 Å². The summed E-state index contributed by atoms with van der Waals surface area (Å²) in [5, 5.41) is 11.5. The summed E-state index contributed by atoms with van der Waals surface area (Å²) in [6.45, 7) is 1.77. The van der Waals surface area contributed by atoms with Crippen LogP contribution in [0.25, 0.3) is 0 Å². The highest BCUT2D eigenvalue weighted by atomic mass is 16.3. The number of hydrogen-bond acceptors (Lipinski definition) is 7. The molecule has 2 aliphatic heterocycles. The molecule has 0 spiro atoms. The normalized spacial score (nSPS) is 24.1. The number of aryl methyl sites for hydroxylation is 1. The van der Waals surface area contributed by atoms with Gasteiger partial charge in [-0.15, -0.1) is 0 Å². The first-order valence-corrected chi connectivity index (χ1v) is 18.8. The minimum Gasteiger partial charge on any atom is -0.507 e. The second kappa shape index (κ2) is 13.5. The lowest BCUT2D eigenvalue weighted by molar-refractivity contribution is -0.126. The molecule has 6 unspecified atom stereocenters. The Balaban J connectivity index is 1.05. The van der Waals surface area contributed by atoms with Crippen molar-refractivity contribution in [2.24, 2.45) is 29.6 Å². The van der Waals surface area contributed by atoms with Crippen molar-refractivity contribution in [3.63, 3.8) is 0 Å². The molecule has 4 amide bonds. The van der Waals surface area contributed by atoms with Crippen molar-refractivity contribution in [3.8, 4) is 5.75 Å². The highest BCUT2D eigenvalue weighted by Crippen LogP contribution is 2.59. The van der Waals surface area contributed by atoms with Crippen molar-refractivity contribution < 1.29 is 33.9 Å². The first kappa shape index (κ1) is 35.0. The number of anilines is 2. The number of amides is 4. The van der Waals surface area contributed by atoms with Crippen LogP contribution in [0.4, 0.5) is 11.4 Å². The monoisotopic (exact) mass is 740 g/mol. The molecule has 2 aliphatic carbocycles. The van der Waals surface area contributed by atoms with E-state index >= 15 is 0 Å². The van der Waals surface area contributed by atoms with Gasteiger partial charge in [-0.05, 0) is 79.8 Å². The molecule has 9 rings (SSSR count). The van der Waals surface area contributed by atoms with Crippen LogP contribution in [-0.4, -0.2) is 40.3 Å². The highest BCUT2D eigenvalue weighted by Gasteiger charge is 2.62. The van der Waals surface area contributed by atoms with Gasteiger partial charge in [-0.1, -0.05) is 90.5 Å². The van der Waals surface area contributed by atoms with Crippen LogP contribution >= 0.6 is 0 Å². The van der Waals surface area contributed by atoms with Crippen LogP contribution in [0.2, 0.25) is 0 Å². The summed E-state index contributed by atoms with van der Waals surface area (Å²) in [7, 11) is 0. The zero-order chi connectivity index (χ0) is 38.8. The van der Waals surface area contributed by atoms with Gasteiger partial charge in [0, 0.05) is 33.7 Å². The number of benzene rings is 5. The first-order chi connectivity index (χ1) is 27.1. The van der Waals surface area contributed by atoms with Crippen LogP contribution in [0.15, 0.2) is 139 Å². The highest BCUT2D eigenvalue weighted by molar-refractivity contribution is 6.24. The summed E-state index contributed by atoms with van der Waals surface area (Å²) in [5.74, 6) is -6.38. The molecule has 4 aliphatic rings. The van der Waals surface area contributed by atoms with E-state index in [-0.39, 0.29) is 36.1 Å². The van der Waals surface area contributed by atoms with Gasteiger partial charge in [0.05, 0.1) is 35.0 Å². The predicted octanol–water partition coefficient (Wildman–Crippen LogP) is 7.21. The molecule has 276 valence electrons. The molecular weight excluding hydrogens is 705 g/mol. The third kappa shape index (κ3) is 5.45. The van der Waals surface area contributed by atoms with Gasteiger partial charge in [0.25, 0.3) is 0 Å². The van der Waals surface area contributed by atoms with Crippen LogP contribution in [-0.2, 0) is 19.2 Å². The van der Waals surface area contributed by atoms with E-state index in [1.54, 1.807) is 122 Å². The number of hydrogen-bond donors (Lipinski definition) is 1. The largest absolute Gasteiger partial charge is 0.507 e. The maximum atomic E-state index is 14.6.